The number of benzene rings is 3. The highest BCUT2D eigenvalue weighted by molar-refractivity contribution is 7.92. The lowest BCUT2D eigenvalue weighted by atomic mass is 10.1. The van der Waals surface area contributed by atoms with Crippen molar-refractivity contribution in [2.24, 2.45) is 5.10 Å². The Balaban J connectivity index is 1.85. The minimum Gasteiger partial charge on any atom is -0.508 e. The third kappa shape index (κ3) is 5.37. The molecule has 0 aliphatic heterocycles. The number of hydrogen-bond acceptors (Lipinski definition) is 7. The number of nitro groups is 1. The number of aryl methyl sites for hydroxylation is 2. The van der Waals surface area contributed by atoms with Crippen LogP contribution in [-0.2, 0) is 10.0 Å². The number of aromatic hydroxyl groups is 1. The molecule has 3 N–H and O–H groups in total. The van der Waals surface area contributed by atoms with Crippen molar-refractivity contribution in [3.8, 4) is 5.75 Å². The van der Waals surface area contributed by atoms with Crippen molar-refractivity contribution in [3.63, 3.8) is 0 Å². The molecule has 0 fully saturated rings. The summed E-state index contributed by atoms with van der Waals surface area (Å²) in [5, 5.41) is 24.7. The van der Waals surface area contributed by atoms with Crippen molar-refractivity contribution in [3.05, 3.63) is 87.5 Å². The number of nitrogens with zero attached hydrogens (tertiary/aromatic N) is 2. The highest BCUT2D eigenvalue weighted by atomic mass is 32.2. The first kappa shape index (κ1) is 21.8. The minimum atomic E-state index is -4.03. The number of hydrazone groups is 1. The molecule has 160 valence electrons. The smallest absolute Gasteiger partial charge is 0.295 e. The Morgan fingerprint density at radius 1 is 1.00 bits per heavy atom. The monoisotopic (exact) mass is 440 g/mol. The molecule has 0 unspecified atom stereocenters. The Labute approximate surface area is 179 Å². The van der Waals surface area contributed by atoms with Gasteiger partial charge in [0.05, 0.1) is 21.7 Å². The molecule has 0 saturated heterocycles. The molecule has 0 amide bonds. The van der Waals surface area contributed by atoms with E-state index in [1.807, 2.05) is 13.0 Å². The maximum atomic E-state index is 12.7. The summed E-state index contributed by atoms with van der Waals surface area (Å²) in [6, 6.07) is 15.0. The van der Waals surface area contributed by atoms with Gasteiger partial charge in [-0.15, -0.1) is 0 Å². The molecule has 0 aliphatic carbocycles. The lowest BCUT2D eigenvalue weighted by Gasteiger charge is -2.12. The molecule has 31 heavy (non-hydrogen) atoms. The predicted octanol–water partition coefficient (Wildman–Crippen LogP) is 4.16. The molecule has 3 rings (SSSR count). The number of nitrogens with one attached hydrogen (secondary N) is 2. The third-order valence-electron chi connectivity index (χ3n) is 4.39. The second-order valence-corrected chi connectivity index (χ2v) is 8.50. The van der Waals surface area contributed by atoms with Gasteiger partial charge in [0.15, 0.2) is 0 Å². The Morgan fingerprint density at radius 3 is 2.32 bits per heavy atom. The Hall–Kier alpha value is -3.92. The van der Waals surface area contributed by atoms with Gasteiger partial charge in [0.2, 0.25) is 0 Å². The zero-order valence-electron chi connectivity index (χ0n) is 16.7. The molecule has 0 radical (unpaired) electrons. The van der Waals surface area contributed by atoms with E-state index < -0.39 is 20.6 Å². The lowest BCUT2D eigenvalue weighted by molar-refractivity contribution is -0.384. The lowest BCUT2D eigenvalue weighted by Crippen LogP contribution is -2.14. The number of anilines is 2. The van der Waals surface area contributed by atoms with E-state index in [1.165, 1.54) is 30.5 Å². The summed E-state index contributed by atoms with van der Waals surface area (Å²) in [5.74, 6) is 0.104. The van der Waals surface area contributed by atoms with Gasteiger partial charge < -0.3 is 5.11 Å². The van der Waals surface area contributed by atoms with Gasteiger partial charge in [-0.05, 0) is 67.4 Å². The van der Waals surface area contributed by atoms with E-state index in [1.54, 1.807) is 31.2 Å². The minimum absolute atomic E-state index is 0.0329. The maximum absolute atomic E-state index is 12.7. The SMILES string of the molecule is Cc1ccc(NS(=O)(=O)c2ccc(N/N=C/c3ccc(O)cc3)c([N+](=O)[O-])c2)c(C)c1. The third-order valence-corrected chi connectivity index (χ3v) is 5.76. The van der Waals surface area contributed by atoms with Gasteiger partial charge in [0.1, 0.15) is 11.4 Å². The van der Waals surface area contributed by atoms with Crippen LogP contribution in [0.25, 0.3) is 0 Å². The van der Waals surface area contributed by atoms with Crippen LogP contribution in [0.1, 0.15) is 16.7 Å². The highest BCUT2D eigenvalue weighted by Crippen LogP contribution is 2.29. The molecule has 9 nitrogen and oxygen atoms in total. The fraction of sp³-hybridized carbons (Fsp3) is 0.0952. The number of nitro benzene ring substituents is 1. The molecular weight excluding hydrogens is 420 g/mol. The number of hydrogen-bond donors (Lipinski definition) is 3. The maximum Gasteiger partial charge on any atom is 0.295 e. The summed E-state index contributed by atoms with van der Waals surface area (Å²) in [4.78, 5) is 10.6. The first-order valence-corrected chi connectivity index (χ1v) is 10.6. The number of rotatable bonds is 7. The van der Waals surface area contributed by atoms with Crippen LogP contribution in [0.3, 0.4) is 0 Å². The Morgan fingerprint density at radius 2 is 1.68 bits per heavy atom. The van der Waals surface area contributed by atoms with E-state index in [0.717, 1.165) is 17.2 Å². The summed E-state index contributed by atoms with van der Waals surface area (Å²) in [5.41, 5.74) is 4.92. The molecule has 0 aromatic heterocycles. The van der Waals surface area contributed by atoms with E-state index in [2.05, 4.69) is 15.2 Å². The molecule has 0 spiro atoms. The van der Waals surface area contributed by atoms with Crippen molar-refractivity contribution in [1.29, 1.82) is 0 Å². The number of phenolic OH excluding ortho intramolecular Hbond substituents is 1. The van der Waals surface area contributed by atoms with E-state index in [4.69, 9.17) is 0 Å². The van der Waals surface area contributed by atoms with Gasteiger partial charge in [-0.25, -0.2) is 8.42 Å². The summed E-state index contributed by atoms with van der Waals surface area (Å²) in [6.07, 6.45) is 1.41. The van der Waals surface area contributed by atoms with Gasteiger partial charge in [0, 0.05) is 6.07 Å². The van der Waals surface area contributed by atoms with E-state index in [-0.39, 0.29) is 16.3 Å². The normalized spacial score (nSPS) is 11.4. The van der Waals surface area contributed by atoms with Crippen LogP contribution < -0.4 is 10.1 Å². The van der Waals surface area contributed by atoms with Gasteiger partial charge in [-0.2, -0.15) is 5.10 Å². The summed E-state index contributed by atoms with van der Waals surface area (Å²) >= 11 is 0. The summed E-state index contributed by atoms with van der Waals surface area (Å²) in [6.45, 7) is 3.66. The number of sulfonamides is 1. The van der Waals surface area contributed by atoms with Crippen LogP contribution in [0.4, 0.5) is 17.1 Å². The zero-order valence-corrected chi connectivity index (χ0v) is 17.6. The van der Waals surface area contributed by atoms with Crippen molar-refractivity contribution < 1.29 is 18.4 Å². The topological polar surface area (TPSA) is 134 Å². The highest BCUT2D eigenvalue weighted by Gasteiger charge is 2.22. The van der Waals surface area contributed by atoms with Gasteiger partial charge in [0.25, 0.3) is 15.7 Å². The Bertz CT molecular complexity index is 1260. The molecular formula is C21H20N4O5S. The molecule has 0 atom stereocenters. The fourth-order valence-electron chi connectivity index (χ4n) is 2.79. The largest absolute Gasteiger partial charge is 0.508 e. The van der Waals surface area contributed by atoms with Crippen LogP contribution in [0.2, 0.25) is 0 Å². The van der Waals surface area contributed by atoms with E-state index >= 15 is 0 Å². The molecule has 10 heteroatoms. The van der Waals surface area contributed by atoms with Crippen LogP contribution >= 0.6 is 0 Å². The molecule has 0 heterocycles. The van der Waals surface area contributed by atoms with Crippen LogP contribution in [0, 0.1) is 24.0 Å². The van der Waals surface area contributed by atoms with Gasteiger partial charge in [-0.1, -0.05) is 17.7 Å². The number of phenols is 1. The van der Waals surface area contributed by atoms with Crippen molar-refractivity contribution in [2.45, 2.75) is 18.7 Å². The zero-order chi connectivity index (χ0) is 22.6. The van der Waals surface area contributed by atoms with Crippen molar-refractivity contribution >= 4 is 33.3 Å². The molecule has 0 bridgehead atoms. The average Bonchev–Trinajstić information content (AvgIpc) is 2.71. The van der Waals surface area contributed by atoms with Crippen molar-refractivity contribution in [2.75, 3.05) is 10.1 Å². The average molecular weight is 440 g/mol. The van der Waals surface area contributed by atoms with Crippen LogP contribution in [-0.4, -0.2) is 24.7 Å². The first-order chi connectivity index (χ1) is 14.7. The van der Waals surface area contributed by atoms with Crippen molar-refractivity contribution in [1.82, 2.24) is 0 Å². The van der Waals surface area contributed by atoms with Crippen LogP contribution in [0.15, 0.2) is 70.7 Å². The standard InChI is InChI=1S/C21H20N4O5S/c1-14-3-9-19(15(2)11-14)24-31(29,30)18-8-10-20(21(12-18)25(27)28)23-22-13-16-4-6-17(26)7-5-16/h3-13,23-24,26H,1-2H3/b22-13+. The van der Waals surface area contributed by atoms with E-state index in [9.17, 15) is 23.6 Å². The molecule has 3 aromatic carbocycles. The molecule has 3 aromatic rings. The molecule has 0 aliphatic rings. The predicted molar refractivity (Wildman–Crippen MR) is 119 cm³/mol. The second kappa shape index (κ2) is 8.84. The summed E-state index contributed by atoms with van der Waals surface area (Å²) < 4.78 is 28.0. The second-order valence-electron chi connectivity index (χ2n) is 6.82. The van der Waals surface area contributed by atoms with E-state index in [0.29, 0.717) is 11.3 Å². The van der Waals surface area contributed by atoms with Crippen LogP contribution in [0.5, 0.6) is 5.75 Å². The Kier molecular flexibility index (Phi) is 6.21. The van der Waals surface area contributed by atoms with Gasteiger partial charge in [-0.3, -0.25) is 20.3 Å². The fourth-order valence-corrected chi connectivity index (χ4v) is 3.94. The molecule has 0 saturated carbocycles. The first-order valence-electron chi connectivity index (χ1n) is 9.12. The van der Waals surface area contributed by atoms with Gasteiger partial charge >= 0.3 is 0 Å². The summed E-state index contributed by atoms with van der Waals surface area (Å²) in [7, 11) is -4.03. The quantitative estimate of drug-likeness (QED) is 0.287.